The molecule has 0 saturated carbocycles. The number of hydrogen-bond donors (Lipinski definition) is 0. The minimum absolute atomic E-state index is 0.197. The lowest BCUT2D eigenvalue weighted by Gasteiger charge is -2.17. The molecule has 0 N–H and O–H groups in total. The standard InChI is InChI=1S/C15H20F2O2/c1-4-12-5-6-13(7-14(12)10(2)8-18)11(3)19-9-15(16)17/h5-8,10-11,15H,4,9H2,1-3H3. The van der Waals surface area contributed by atoms with Gasteiger partial charge < -0.3 is 9.53 Å². The van der Waals surface area contributed by atoms with Crippen molar-refractivity contribution in [2.45, 2.75) is 45.6 Å². The third kappa shape index (κ3) is 4.39. The average molecular weight is 270 g/mol. The molecule has 0 heterocycles. The molecule has 2 nitrogen and oxygen atoms in total. The Morgan fingerprint density at radius 2 is 2.00 bits per heavy atom. The van der Waals surface area contributed by atoms with Crippen molar-refractivity contribution in [3.8, 4) is 0 Å². The highest BCUT2D eigenvalue weighted by atomic mass is 19.3. The maximum Gasteiger partial charge on any atom is 0.261 e. The van der Waals surface area contributed by atoms with Crippen LogP contribution in [0, 0.1) is 0 Å². The summed E-state index contributed by atoms with van der Waals surface area (Å²) in [6.07, 6.45) is -1.15. The van der Waals surface area contributed by atoms with E-state index in [2.05, 4.69) is 0 Å². The highest BCUT2D eigenvalue weighted by Crippen LogP contribution is 2.25. The van der Waals surface area contributed by atoms with Gasteiger partial charge in [0.15, 0.2) is 0 Å². The fourth-order valence-corrected chi connectivity index (χ4v) is 2.00. The zero-order valence-corrected chi connectivity index (χ0v) is 11.5. The van der Waals surface area contributed by atoms with E-state index in [0.29, 0.717) is 0 Å². The van der Waals surface area contributed by atoms with Crippen molar-refractivity contribution in [2.75, 3.05) is 6.61 Å². The SMILES string of the molecule is CCc1ccc(C(C)OCC(F)F)cc1C(C)C=O. The summed E-state index contributed by atoms with van der Waals surface area (Å²) in [4.78, 5) is 10.9. The largest absolute Gasteiger partial charge is 0.368 e. The van der Waals surface area contributed by atoms with E-state index >= 15 is 0 Å². The normalized spacial score (nSPS) is 14.4. The average Bonchev–Trinajstić information content (AvgIpc) is 2.42. The van der Waals surface area contributed by atoms with Crippen molar-refractivity contribution in [1.82, 2.24) is 0 Å². The molecular weight excluding hydrogens is 250 g/mol. The molecule has 0 spiro atoms. The second-order valence-electron chi connectivity index (χ2n) is 4.60. The molecule has 0 aliphatic rings. The predicted molar refractivity (Wildman–Crippen MR) is 70.7 cm³/mol. The lowest BCUT2D eigenvalue weighted by molar-refractivity contribution is -0.108. The quantitative estimate of drug-likeness (QED) is 0.702. The summed E-state index contributed by atoms with van der Waals surface area (Å²) in [5.74, 6) is -0.197. The number of aldehydes is 1. The molecule has 0 radical (unpaired) electrons. The number of benzene rings is 1. The number of hydrogen-bond acceptors (Lipinski definition) is 2. The second kappa shape index (κ2) is 7.34. The molecule has 2 atom stereocenters. The first kappa shape index (κ1) is 15.8. The molecule has 0 amide bonds. The van der Waals surface area contributed by atoms with Crippen LogP contribution in [0.15, 0.2) is 18.2 Å². The lowest BCUT2D eigenvalue weighted by Crippen LogP contribution is -2.09. The van der Waals surface area contributed by atoms with Gasteiger partial charge >= 0.3 is 0 Å². The number of ether oxygens (including phenoxy) is 1. The Morgan fingerprint density at radius 3 is 2.53 bits per heavy atom. The minimum atomic E-state index is -2.47. The van der Waals surface area contributed by atoms with E-state index in [-0.39, 0.29) is 5.92 Å². The summed E-state index contributed by atoms with van der Waals surface area (Å²) in [6.45, 7) is 5.01. The number of alkyl halides is 2. The lowest BCUT2D eigenvalue weighted by atomic mass is 9.92. The smallest absolute Gasteiger partial charge is 0.261 e. The van der Waals surface area contributed by atoms with E-state index in [1.165, 1.54) is 0 Å². The van der Waals surface area contributed by atoms with Gasteiger partial charge in [-0.05, 0) is 30.0 Å². The van der Waals surface area contributed by atoms with Crippen LogP contribution in [0.5, 0.6) is 0 Å². The van der Waals surface area contributed by atoms with Crippen molar-refractivity contribution in [3.63, 3.8) is 0 Å². The number of halogens is 2. The zero-order chi connectivity index (χ0) is 14.4. The van der Waals surface area contributed by atoms with Crippen LogP contribution < -0.4 is 0 Å². The molecule has 0 aromatic heterocycles. The zero-order valence-electron chi connectivity index (χ0n) is 11.5. The topological polar surface area (TPSA) is 26.3 Å². The Labute approximate surface area is 112 Å². The molecule has 0 aliphatic heterocycles. The van der Waals surface area contributed by atoms with Gasteiger partial charge in [0.1, 0.15) is 12.9 Å². The fourth-order valence-electron chi connectivity index (χ4n) is 2.00. The maximum absolute atomic E-state index is 12.1. The molecule has 0 fully saturated rings. The Morgan fingerprint density at radius 1 is 1.32 bits per heavy atom. The van der Waals surface area contributed by atoms with Gasteiger partial charge in [-0.1, -0.05) is 32.0 Å². The summed E-state index contributed by atoms with van der Waals surface area (Å²) in [6, 6.07) is 5.69. The van der Waals surface area contributed by atoms with Crippen LogP contribution >= 0.6 is 0 Å². The van der Waals surface area contributed by atoms with Crippen molar-refractivity contribution in [3.05, 3.63) is 34.9 Å². The molecule has 1 aromatic carbocycles. The Kier molecular flexibility index (Phi) is 6.09. The molecule has 2 unspecified atom stereocenters. The van der Waals surface area contributed by atoms with Gasteiger partial charge in [0.2, 0.25) is 0 Å². The fraction of sp³-hybridized carbons (Fsp3) is 0.533. The van der Waals surface area contributed by atoms with Crippen LogP contribution in [0.4, 0.5) is 8.78 Å². The summed E-state index contributed by atoms with van der Waals surface area (Å²) < 4.78 is 29.3. The minimum Gasteiger partial charge on any atom is -0.368 e. The Bertz CT molecular complexity index is 419. The van der Waals surface area contributed by atoms with E-state index in [9.17, 15) is 13.6 Å². The van der Waals surface area contributed by atoms with Crippen LogP contribution in [-0.4, -0.2) is 19.3 Å². The van der Waals surface area contributed by atoms with Crippen molar-refractivity contribution < 1.29 is 18.3 Å². The molecule has 19 heavy (non-hydrogen) atoms. The van der Waals surface area contributed by atoms with Crippen molar-refractivity contribution in [2.24, 2.45) is 0 Å². The van der Waals surface area contributed by atoms with E-state index < -0.39 is 19.1 Å². The number of aryl methyl sites for hydroxylation is 1. The van der Waals surface area contributed by atoms with E-state index in [4.69, 9.17) is 4.74 Å². The predicted octanol–water partition coefficient (Wildman–Crippen LogP) is 3.89. The van der Waals surface area contributed by atoms with Crippen LogP contribution in [0.1, 0.15) is 49.5 Å². The molecule has 0 aliphatic carbocycles. The van der Waals surface area contributed by atoms with E-state index in [0.717, 1.165) is 29.4 Å². The first-order chi connectivity index (χ1) is 8.99. The van der Waals surface area contributed by atoms with Gasteiger partial charge in [0, 0.05) is 5.92 Å². The molecule has 106 valence electrons. The molecule has 0 bridgehead atoms. The summed E-state index contributed by atoms with van der Waals surface area (Å²) in [5.41, 5.74) is 2.87. The highest BCUT2D eigenvalue weighted by Gasteiger charge is 2.14. The van der Waals surface area contributed by atoms with E-state index in [1.54, 1.807) is 6.92 Å². The van der Waals surface area contributed by atoms with Crippen molar-refractivity contribution in [1.29, 1.82) is 0 Å². The van der Waals surface area contributed by atoms with Gasteiger partial charge in [0.25, 0.3) is 6.43 Å². The van der Waals surface area contributed by atoms with Gasteiger partial charge in [0.05, 0.1) is 6.10 Å². The van der Waals surface area contributed by atoms with E-state index in [1.807, 2.05) is 32.0 Å². The van der Waals surface area contributed by atoms with Gasteiger partial charge in [-0.3, -0.25) is 0 Å². The first-order valence-electron chi connectivity index (χ1n) is 6.47. The van der Waals surface area contributed by atoms with Gasteiger partial charge in [-0.15, -0.1) is 0 Å². The van der Waals surface area contributed by atoms with Crippen LogP contribution in [0.25, 0.3) is 0 Å². The van der Waals surface area contributed by atoms with Crippen molar-refractivity contribution >= 4 is 6.29 Å². The second-order valence-corrected chi connectivity index (χ2v) is 4.60. The molecule has 1 aromatic rings. The summed E-state index contributed by atoms with van der Waals surface area (Å²) in [5, 5.41) is 0. The number of carbonyl (C=O) groups excluding carboxylic acids is 1. The third-order valence-corrected chi connectivity index (χ3v) is 3.19. The van der Waals surface area contributed by atoms with Crippen LogP contribution in [0.2, 0.25) is 0 Å². The summed E-state index contributed by atoms with van der Waals surface area (Å²) in [7, 11) is 0. The maximum atomic E-state index is 12.1. The highest BCUT2D eigenvalue weighted by molar-refractivity contribution is 5.63. The Balaban J connectivity index is 2.93. The molecule has 4 heteroatoms. The number of rotatable bonds is 7. The van der Waals surface area contributed by atoms with Gasteiger partial charge in [-0.25, -0.2) is 8.78 Å². The third-order valence-electron chi connectivity index (χ3n) is 3.19. The van der Waals surface area contributed by atoms with Gasteiger partial charge in [-0.2, -0.15) is 0 Å². The summed E-state index contributed by atoms with van der Waals surface area (Å²) >= 11 is 0. The van der Waals surface area contributed by atoms with Crippen LogP contribution in [-0.2, 0) is 16.0 Å². The number of carbonyl (C=O) groups is 1. The monoisotopic (exact) mass is 270 g/mol. The molecule has 0 saturated heterocycles. The van der Waals surface area contributed by atoms with Crippen LogP contribution in [0.3, 0.4) is 0 Å². The Hall–Kier alpha value is -1.29. The molecular formula is C15H20F2O2. The molecule has 1 rings (SSSR count). The first-order valence-corrected chi connectivity index (χ1v) is 6.47.